The zero-order valence-electron chi connectivity index (χ0n) is 89.6. The number of allylic oxidation sites excluding steroid dienone is 6. The molecule has 0 N–H and O–H groups in total. The predicted octanol–water partition coefficient (Wildman–Crippen LogP) is 39.1. The van der Waals surface area contributed by atoms with Crippen LogP contribution in [-0.4, -0.2) is 32.2 Å². The number of Topliss-reactive ketones (excluding diaryl/α,β-unsaturated/α-hetero) is 1. The van der Waals surface area contributed by atoms with E-state index in [-0.39, 0.29) is 40.0 Å². The third-order valence-electron chi connectivity index (χ3n) is 31.1. The van der Waals surface area contributed by atoms with Gasteiger partial charge in [-0.05, 0) is 269 Å². The Bertz CT molecular complexity index is 6590. The Balaban J connectivity index is 1.04. The Labute approximate surface area is 894 Å². The van der Waals surface area contributed by atoms with Gasteiger partial charge < -0.3 is 18.9 Å². The van der Waals surface area contributed by atoms with Gasteiger partial charge in [0.25, 0.3) is 11.4 Å². The van der Waals surface area contributed by atoms with Crippen molar-refractivity contribution >= 4 is 51.8 Å². The summed E-state index contributed by atoms with van der Waals surface area (Å²) in [5.74, 6) is -2.89. The number of aryl methyl sites for hydroxylation is 4. The van der Waals surface area contributed by atoms with Gasteiger partial charge in [0.1, 0.15) is 23.0 Å². The molecule has 0 radical (unpaired) electrons. The first-order valence-electron chi connectivity index (χ1n) is 56.7. The number of unbranched alkanes of at least 4 members (excludes halogenated alkanes) is 32. The van der Waals surface area contributed by atoms with E-state index < -0.39 is 45.6 Å². The van der Waals surface area contributed by atoms with Crippen molar-refractivity contribution in [3.05, 3.63) is 339 Å². The Hall–Kier alpha value is -12.1. The van der Waals surface area contributed by atoms with Crippen LogP contribution >= 0.6 is 22.7 Å². The first-order valence-corrected chi connectivity index (χ1v) is 58.4. The number of ether oxygens (including phenoxy) is 4. The van der Waals surface area contributed by atoms with Gasteiger partial charge in [-0.15, -0.1) is 22.7 Å². The highest BCUT2D eigenvalue weighted by molar-refractivity contribution is 7.19. The molecule has 15 heteroatoms. The van der Waals surface area contributed by atoms with Crippen LogP contribution in [0.25, 0.3) is 74.8 Å². The zero-order valence-corrected chi connectivity index (χ0v) is 91.3. The van der Waals surface area contributed by atoms with Crippen LogP contribution in [-0.2, 0) is 42.9 Å². The lowest BCUT2D eigenvalue weighted by atomic mass is 9.65. The molecule has 9 nitrogen and oxygen atoms in total. The second-order valence-corrected chi connectivity index (χ2v) is 43.9. The average molecular weight is 2040 g/mol. The number of carbonyl (C=O) groups excluding carboxylic acids is 1. The normalized spacial score (nSPS) is 14.5. The zero-order chi connectivity index (χ0) is 105. The first-order chi connectivity index (χ1) is 73.0. The third-order valence-corrected chi connectivity index (χ3v) is 33.5. The van der Waals surface area contributed by atoms with Crippen molar-refractivity contribution in [2.45, 2.75) is 355 Å². The quantitative estimate of drug-likeness (QED) is 0.0123. The van der Waals surface area contributed by atoms with Gasteiger partial charge in [0, 0.05) is 64.0 Å². The molecule has 778 valence electrons. The van der Waals surface area contributed by atoms with E-state index in [0.29, 0.717) is 77.3 Å². The van der Waals surface area contributed by atoms with E-state index in [1.54, 1.807) is 28.7 Å². The Morgan fingerprint density at radius 1 is 0.329 bits per heavy atom. The largest absolute Gasteiger partial charge is 0.493 e. The minimum Gasteiger partial charge on any atom is -0.493 e. The number of ketones is 1. The summed E-state index contributed by atoms with van der Waals surface area (Å²) in [6, 6.07) is 65.1. The van der Waals surface area contributed by atoms with E-state index in [4.69, 9.17) is 32.1 Å². The number of nitriles is 2. The van der Waals surface area contributed by atoms with E-state index in [1.807, 2.05) is 18.2 Å². The fraction of sp³-hybridized carbons (Fsp3) is 0.440. The van der Waals surface area contributed by atoms with Crippen LogP contribution in [0, 0.1) is 59.1 Å². The Morgan fingerprint density at radius 2 is 0.631 bits per heavy atom. The lowest BCUT2D eigenvalue weighted by Gasteiger charge is -2.36. The minimum atomic E-state index is -1.21. The van der Waals surface area contributed by atoms with Crippen molar-refractivity contribution in [2.75, 3.05) is 26.4 Å². The van der Waals surface area contributed by atoms with Gasteiger partial charge in [-0.1, -0.05) is 358 Å². The third kappa shape index (κ3) is 25.7. The van der Waals surface area contributed by atoms with E-state index in [1.165, 1.54) is 54.0 Å². The molecular formula is C134H152F4N4O5S2. The number of thiophene rings is 2. The summed E-state index contributed by atoms with van der Waals surface area (Å²) in [7, 11) is 0. The first kappa shape index (κ1) is 111. The summed E-state index contributed by atoms with van der Waals surface area (Å²) in [4.78, 5) is 26.7. The molecule has 0 bridgehead atoms. The van der Waals surface area contributed by atoms with Crippen molar-refractivity contribution in [3.63, 3.8) is 0 Å². The van der Waals surface area contributed by atoms with E-state index in [2.05, 4.69) is 211 Å². The number of benzene rings is 9. The maximum absolute atomic E-state index is 15.7. The summed E-state index contributed by atoms with van der Waals surface area (Å²) in [6.45, 7) is 36.2. The predicted molar refractivity (Wildman–Crippen MR) is 610 cm³/mol. The van der Waals surface area contributed by atoms with Gasteiger partial charge in [-0.2, -0.15) is 0 Å². The summed E-state index contributed by atoms with van der Waals surface area (Å²) >= 11 is 3.54. The summed E-state index contributed by atoms with van der Waals surface area (Å²) in [6.07, 6.45) is 50.3. The van der Waals surface area contributed by atoms with Crippen LogP contribution < -0.4 is 18.9 Å². The smallest absolute Gasteiger partial charge is 0.270 e. The molecule has 2 heterocycles. The van der Waals surface area contributed by atoms with Crippen LogP contribution in [0.2, 0.25) is 0 Å². The van der Waals surface area contributed by atoms with Crippen LogP contribution in [0.1, 0.15) is 417 Å². The molecule has 0 saturated heterocycles. The van der Waals surface area contributed by atoms with E-state index >= 15 is 22.4 Å². The van der Waals surface area contributed by atoms with Gasteiger partial charge >= 0.3 is 0 Å². The van der Waals surface area contributed by atoms with Gasteiger partial charge in [0.15, 0.2) is 29.1 Å². The van der Waals surface area contributed by atoms with E-state index in [9.17, 15) is 10.5 Å². The molecule has 11 aromatic rings. The molecule has 9 aromatic carbocycles. The number of hydrogen-bond acceptors (Lipinski definition) is 9. The molecule has 4 aliphatic carbocycles. The molecule has 0 atom stereocenters. The van der Waals surface area contributed by atoms with Crippen LogP contribution in [0.3, 0.4) is 0 Å². The number of halogens is 4. The molecule has 149 heavy (non-hydrogen) atoms. The SMILES string of the molecule is [C-]#[N+]C(C#N)=C1/C(=C/c2cc(OCCCCCCCC)c(-c3cc4c(s3)-c3cc5c(cc3C4(c3ccc(CCCCCC)cc3)c3ccc(CCCCCC)cc3)-c3sc(-c4cc(OCCCCCCCC)c(/C=C6\C(=O)c7cc(F)c(F)cc7\C6=C(\C#N)[N+]#[C-])cc4OCCCCCCCC)cc3C5(c3ccc(CCCCCC)cc3)c3ccc(CCCCCC)cc3)cc2OCCCCCCCC)Cc2cc(F)c(F)cc21. The van der Waals surface area contributed by atoms with Crippen LogP contribution in [0.15, 0.2) is 192 Å². The fourth-order valence-corrected chi connectivity index (χ4v) is 25.4. The second-order valence-electron chi connectivity index (χ2n) is 41.8. The van der Waals surface area contributed by atoms with Gasteiger partial charge in [0.05, 0.1) is 62.5 Å². The van der Waals surface area contributed by atoms with Crippen molar-refractivity contribution in [2.24, 2.45) is 0 Å². The molecule has 0 amide bonds. The molecule has 4 aliphatic rings. The highest BCUT2D eigenvalue weighted by atomic mass is 32.1. The van der Waals surface area contributed by atoms with Gasteiger partial charge in [-0.3, -0.25) is 4.79 Å². The van der Waals surface area contributed by atoms with Gasteiger partial charge in [-0.25, -0.2) is 37.8 Å². The summed E-state index contributed by atoms with van der Waals surface area (Å²) in [5.41, 5.74) is 18.0. The number of fused-ring (bicyclic) bond motifs is 8. The maximum atomic E-state index is 15.7. The van der Waals surface area contributed by atoms with Crippen LogP contribution in [0.5, 0.6) is 23.0 Å². The van der Waals surface area contributed by atoms with Crippen LogP contribution in [0.4, 0.5) is 17.6 Å². The lowest BCUT2D eigenvalue weighted by Crippen LogP contribution is -2.30. The Morgan fingerprint density at radius 3 is 0.973 bits per heavy atom. The fourth-order valence-electron chi connectivity index (χ4n) is 22.9. The molecule has 15 rings (SSSR count). The minimum absolute atomic E-state index is 0.0216. The van der Waals surface area contributed by atoms with Crippen molar-refractivity contribution in [3.8, 4) is 76.9 Å². The number of hydrogen-bond donors (Lipinski definition) is 0. The number of rotatable bonds is 60. The second kappa shape index (κ2) is 55.1. The standard InChI is InChI=1S/C134H152F4N4O5S2/c1-11-19-27-35-39-47-71-144-122-86-109(124(146-73-49-41-37-29-21-13-3)79-97(122)76-99-75-96-78-116(135)117(136)83-104(96)128(99)120(90-139)141-9)126-88-114-131(148-126)107-81-113-108(82-112(107)133(114,100-63-55-92(56-64-100)51-43-31-23-15-5)101-65-57-93(58-66-101)52-44-32-24-16-6)132-115(134(113,102-67-59-94(60-68-102)53-45-33-25-17-7)103-69-61-95(62-70-103)54-46-34-26-18-8)89-127(149-132)110-87-123(145-72-48-40-36-28-20-12-2)98(80-125(110)147-74-50-42-38-30-22-14-4)77-111-129(121(91-140)142-10)105-84-118(137)119(138)85-106(105)130(111)143/h55-70,76-89H,11-54,71-75H2,1-8H3/b99-76+,111-77-,128-120?,129-121+. The van der Waals surface area contributed by atoms with Crippen molar-refractivity contribution < 1.29 is 41.3 Å². The Kier molecular flexibility index (Phi) is 41.0. The molecule has 0 fully saturated rings. The average Bonchev–Trinajstić information content (AvgIpc) is 1.50. The molecule has 0 unspecified atom stereocenters. The molecular weight excluding hydrogens is 1890 g/mol. The molecule has 0 spiro atoms. The topological polar surface area (TPSA) is 110 Å². The summed E-state index contributed by atoms with van der Waals surface area (Å²) in [5, 5.41) is 21.5. The number of nitrogens with zero attached hydrogens (tertiary/aromatic N) is 4. The van der Waals surface area contributed by atoms with Crippen molar-refractivity contribution in [1.82, 2.24) is 0 Å². The molecule has 0 aliphatic heterocycles. The van der Waals surface area contributed by atoms with Gasteiger partial charge in [0.2, 0.25) is 0 Å². The lowest BCUT2D eigenvalue weighted by molar-refractivity contribution is 0.104. The van der Waals surface area contributed by atoms with E-state index in [0.717, 1.165) is 361 Å². The highest BCUT2D eigenvalue weighted by Crippen LogP contribution is 2.67. The number of carbonyl (C=O) groups is 1. The maximum Gasteiger partial charge on any atom is 0.270 e. The molecule has 2 aromatic heterocycles. The monoisotopic (exact) mass is 2040 g/mol. The molecule has 0 saturated carbocycles. The highest BCUT2D eigenvalue weighted by Gasteiger charge is 2.54. The van der Waals surface area contributed by atoms with Crippen molar-refractivity contribution in [1.29, 1.82) is 10.5 Å². The summed E-state index contributed by atoms with van der Waals surface area (Å²) < 4.78 is 91.5.